The van der Waals surface area contributed by atoms with Crippen LogP contribution >= 0.6 is 0 Å². The van der Waals surface area contributed by atoms with Crippen molar-refractivity contribution in [1.82, 2.24) is 5.32 Å². The smallest absolute Gasteiger partial charge is 0.408 e. The molecule has 192 valence electrons. The van der Waals surface area contributed by atoms with Crippen LogP contribution in [0.5, 0.6) is 5.75 Å². The van der Waals surface area contributed by atoms with E-state index >= 15 is 0 Å². The number of guanidine groups is 1. The third-order valence-corrected chi connectivity index (χ3v) is 4.84. The van der Waals surface area contributed by atoms with Gasteiger partial charge in [0.15, 0.2) is 0 Å². The molecule has 2 aromatic carbocycles. The minimum atomic E-state index is -4.27. The summed E-state index contributed by atoms with van der Waals surface area (Å²) in [5, 5.41) is 2.49. The van der Waals surface area contributed by atoms with Gasteiger partial charge in [0.1, 0.15) is 27.0 Å². The van der Waals surface area contributed by atoms with Crippen LogP contribution in [0.3, 0.4) is 0 Å². The average Bonchev–Trinajstić information content (AvgIpc) is 2.67. The van der Waals surface area contributed by atoms with E-state index in [0.717, 1.165) is 5.56 Å². The first kappa shape index (κ1) is 29.4. The zero-order valence-electron chi connectivity index (χ0n) is 20.5. The van der Waals surface area contributed by atoms with E-state index in [1.165, 1.54) is 26.0 Å². The van der Waals surface area contributed by atoms with Gasteiger partial charge >= 0.3 is 18.0 Å². The number of ether oxygens (including phenoxy) is 2. The van der Waals surface area contributed by atoms with E-state index in [4.69, 9.17) is 20.9 Å². The Kier molecular flexibility index (Phi) is 9.80. The number of aryl methyl sites for hydroxylation is 1. The van der Waals surface area contributed by atoms with E-state index < -0.39 is 33.3 Å². The molecule has 2 rings (SSSR count). The van der Waals surface area contributed by atoms with Crippen molar-refractivity contribution in [3.63, 3.8) is 0 Å². The summed E-state index contributed by atoms with van der Waals surface area (Å²) in [6.07, 6.45) is -0.696. The highest BCUT2D eigenvalue weighted by atomic mass is 32.2. The van der Waals surface area contributed by atoms with Gasteiger partial charge in [-0.25, -0.2) is 23.0 Å². The van der Waals surface area contributed by atoms with E-state index in [1.807, 2.05) is 6.92 Å². The van der Waals surface area contributed by atoms with Crippen LogP contribution in [0.4, 0.5) is 10.5 Å². The SMILES string of the molecule is CC(C)(C)OC(=O)NC(C)(C)C(=O)Oc1ccc([NH+]=C(N)N)cc1.Cc1ccc(S(=O)(=O)[O-])cc1. The third-order valence-electron chi connectivity index (χ3n) is 3.99. The largest absolute Gasteiger partial charge is 0.744 e. The zero-order valence-corrected chi connectivity index (χ0v) is 21.4. The molecule has 1 amide bonds. The van der Waals surface area contributed by atoms with Gasteiger partial charge in [0, 0.05) is 0 Å². The van der Waals surface area contributed by atoms with Crippen LogP contribution in [0.15, 0.2) is 53.4 Å². The minimum Gasteiger partial charge on any atom is -0.744 e. The van der Waals surface area contributed by atoms with Gasteiger partial charge in [0.2, 0.25) is 0 Å². The Balaban J connectivity index is 0.000000462. The summed E-state index contributed by atoms with van der Waals surface area (Å²) in [5.74, 6) is -0.249. The lowest BCUT2D eigenvalue weighted by molar-refractivity contribution is -0.356. The van der Waals surface area contributed by atoms with Gasteiger partial charge < -0.3 is 19.3 Å². The number of carbonyl (C=O) groups excluding carboxylic acids is 2. The number of benzene rings is 2. The van der Waals surface area contributed by atoms with Crippen LogP contribution in [0.25, 0.3) is 0 Å². The van der Waals surface area contributed by atoms with Gasteiger partial charge in [0.25, 0.3) is 0 Å². The van der Waals surface area contributed by atoms with Crippen molar-refractivity contribution < 1.29 is 37.0 Å². The van der Waals surface area contributed by atoms with Gasteiger partial charge in [-0.15, -0.1) is 0 Å². The summed E-state index contributed by atoms with van der Waals surface area (Å²) in [6, 6.07) is 12.2. The average molecular weight is 509 g/mol. The molecule has 0 saturated heterocycles. The normalized spacial score (nSPS) is 11.4. The number of alkyl carbamates (subject to hydrolysis) is 1. The molecule has 0 saturated carbocycles. The van der Waals surface area contributed by atoms with E-state index in [9.17, 15) is 22.6 Å². The van der Waals surface area contributed by atoms with Crippen LogP contribution in [0, 0.1) is 6.92 Å². The molecule has 35 heavy (non-hydrogen) atoms. The topological polar surface area (TPSA) is 188 Å². The Morgan fingerprint density at radius 2 is 1.46 bits per heavy atom. The number of carbonyl (C=O) groups is 2. The number of esters is 1. The van der Waals surface area contributed by atoms with Crippen molar-refractivity contribution in [2.24, 2.45) is 11.5 Å². The first-order valence-corrected chi connectivity index (χ1v) is 11.8. The molecule has 0 atom stereocenters. The molecule has 0 unspecified atom stereocenters. The van der Waals surface area contributed by atoms with Crippen LogP contribution in [0.2, 0.25) is 0 Å². The van der Waals surface area contributed by atoms with E-state index in [1.54, 1.807) is 57.2 Å². The number of amides is 1. The van der Waals surface area contributed by atoms with Gasteiger partial charge in [-0.05, 0) is 77.9 Å². The molecule has 0 aliphatic heterocycles. The highest BCUT2D eigenvalue weighted by molar-refractivity contribution is 7.85. The Hall–Kier alpha value is -3.64. The van der Waals surface area contributed by atoms with Crippen molar-refractivity contribution in [2.75, 3.05) is 0 Å². The summed E-state index contributed by atoms with van der Waals surface area (Å²) in [4.78, 5) is 26.6. The number of hydrogen-bond donors (Lipinski definition) is 4. The molecular weight excluding hydrogens is 476 g/mol. The molecular formula is C23H32N4O7S. The van der Waals surface area contributed by atoms with Crippen LogP contribution in [0.1, 0.15) is 40.2 Å². The zero-order chi connectivity index (χ0) is 27.0. The molecule has 0 heterocycles. The van der Waals surface area contributed by atoms with Crippen LogP contribution in [-0.2, 0) is 19.6 Å². The first-order valence-electron chi connectivity index (χ1n) is 10.4. The Labute approximate surface area is 205 Å². The number of nitrogens with one attached hydrogen (secondary N) is 2. The lowest BCUT2D eigenvalue weighted by atomic mass is 10.1. The molecule has 0 spiro atoms. The fourth-order valence-corrected chi connectivity index (χ4v) is 2.79. The van der Waals surface area contributed by atoms with Gasteiger partial charge in [0.05, 0.1) is 10.6 Å². The van der Waals surface area contributed by atoms with Gasteiger partial charge in [-0.3, -0.25) is 11.5 Å². The Bertz CT molecular complexity index is 1150. The maximum absolute atomic E-state index is 12.2. The molecule has 11 nitrogen and oxygen atoms in total. The van der Waals surface area contributed by atoms with Crippen molar-refractivity contribution in [2.45, 2.75) is 57.6 Å². The highest BCUT2D eigenvalue weighted by Crippen LogP contribution is 2.16. The highest BCUT2D eigenvalue weighted by Gasteiger charge is 2.33. The van der Waals surface area contributed by atoms with E-state index in [-0.39, 0.29) is 10.9 Å². The quantitative estimate of drug-likeness (QED) is 0.149. The second kappa shape index (κ2) is 11.7. The predicted octanol–water partition coefficient (Wildman–Crippen LogP) is 0.780. The summed E-state index contributed by atoms with van der Waals surface area (Å²) < 4.78 is 41.6. The third kappa shape index (κ3) is 11.4. The fraction of sp³-hybridized carbons (Fsp3) is 0.348. The molecule has 0 fully saturated rings. The summed E-state index contributed by atoms with van der Waals surface area (Å²) >= 11 is 0. The maximum Gasteiger partial charge on any atom is 0.408 e. The van der Waals surface area contributed by atoms with Crippen molar-refractivity contribution in [3.05, 3.63) is 54.1 Å². The standard InChI is InChI=1S/C16H24N4O4.C7H8O3S/c1-15(2,3)24-14(22)20-16(4,5)12(21)23-11-8-6-10(7-9-11)19-13(17)18;1-6-2-4-7(5-3-6)11(8,9)10/h6-9H,1-5H3,(H,20,22)(H4,17,18,19);2-5H,1H3,(H,8,9,10). The van der Waals surface area contributed by atoms with Gasteiger partial charge in [-0.1, -0.05) is 17.7 Å². The summed E-state index contributed by atoms with van der Waals surface area (Å²) in [7, 11) is -4.27. The maximum atomic E-state index is 12.2. The number of rotatable bonds is 5. The molecule has 0 aliphatic rings. The first-order chi connectivity index (χ1) is 15.9. The molecule has 0 radical (unpaired) electrons. The Morgan fingerprint density at radius 3 is 1.89 bits per heavy atom. The predicted molar refractivity (Wildman–Crippen MR) is 129 cm³/mol. The van der Waals surface area contributed by atoms with Gasteiger partial charge in [-0.2, -0.15) is 0 Å². The lowest BCUT2D eigenvalue weighted by Crippen LogP contribution is -2.72. The monoisotopic (exact) mass is 508 g/mol. The van der Waals surface area contributed by atoms with E-state index in [2.05, 4.69) is 10.3 Å². The molecule has 12 heteroatoms. The Morgan fingerprint density at radius 1 is 0.943 bits per heavy atom. The van der Waals surface area contributed by atoms with E-state index in [0.29, 0.717) is 11.4 Å². The molecule has 6 N–H and O–H groups in total. The molecule has 0 aliphatic carbocycles. The summed E-state index contributed by atoms with van der Waals surface area (Å²) in [5.41, 5.74) is 10.3. The minimum absolute atomic E-state index is 0.0578. The second-order valence-corrected chi connectivity index (χ2v) is 10.4. The lowest BCUT2D eigenvalue weighted by Gasteiger charge is -2.26. The molecule has 0 aromatic heterocycles. The van der Waals surface area contributed by atoms with Crippen LogP contribution in [-0.4, -0.2) is 42.1 Å². The number of nitrogens with two attached hydrogens (primary N) is 2. The van der Waals surface area contributed by atoms with Crippen molar-refractivity contribution in [3.8, 4) is 5.75 Å². The second-order valence-electron chi connectivity index (χ2n) is 9.01. The summed E-state index contributed by atoms with van der Waals surface area (Å²) in [6.45, 7) is 10.1. The van der Waals surface area contributed by atoms with Crippen molar-refractivity contribution >= 4 is 33.8 Å². The van der Waals surface area contributed by atoms with Crippen LogP contribution < -0.4 is 26.5 Å². The molecule has 2 aromatic rings. The fourth-order valence-electron chi connectivity index (χ4n) is 2.32. The molecule has 0 bridgehead atoms. The number of hydrogen-bond acceptors (Lipinski definition) is 7. The van der Waals surface area contributed by atoms with Crippen molar-refractivity contribution in [1.29, 1.82) is 0 Å².